The van der Waals surface area contributed by atoms with E-state index < -0.39 is 5.67 Å². The van der Waals surface area contributed by atoms with Gasteiger partial charge in [-0.05, 0) is 37.3 Å². The number of nitrogens with zero attached hydrogens (tertiary/aromatic N) is 2. The van der Waals surface area contributed by atoms with Crippen molar-refractivity contribution in [2.75, 3.05) is 19.8 Å². The standard InChI is InChI=1S/C17H17FN2O4/c1-12(21)8-20-16(22)7-6-15(19-20)13-2-4-14(5-3-13)24-11-17(18)9-23-10-17/h2-7H,8-11H2,1H3. The average molecular weight is 332 g/mol. The first kappa shape index (κ1) is 16.3. The van der Waals surface area contributed by atoms with Crippen LogP contribution in [0, 0.1) is 0 Å². The van der Waals surface area contributed by atoms with E-state index in [0.717, 1.165) is 10.2 Å². The van der Waals surface area contributed by atoms with Crippen molar-refractivity contribution in [3.63, 3.8) is 0 Å². The predicted molar refractivity (Wildman–Crippen MR) is 84.8 cm³/mol. The molecule has 0 unspecified atom stereocenters. The van der Waals surface area contributed by atoms with Crippen molar-refractivity contribution in [2.45, 2.75) is 19.1 Å². The molecule has 0 atom stereocenters. The van der Waals surface area contributed by atoms with Gasteiger partial charge in [0, 0.05) is 11.6 Å². The molecule has 126 valence electrons. The van der Waals surface area contributed by atoms with E-state index in [1.807, 2.05) is 0 Å². The van der Waals surface area contributed by atoms with E-state index in [1.54, 1.807) is 30.3 Å². The zero-order valence-corrected chi connectivity index (χ0v) is 13.2. The predicted octanol–water partition coefficient (Wildman–Crippen LogP) is 1.62. The minimum absolute atomic E-state index is 0.0475. The van der Waals surface area contributed by atoms with E-state index in [4.69, 9.17) is 9.47 Å². The Hall–Kier alpha value is -2.54. The number of ketones is 1. The highest BCUT2D eigenvalue weighted by Gasteiger charge is 2.39. The lowest BCUT2D eigenvalue weighted by Gasteiger charge is -2.33. The van der Waals surface area contributed by atoms with E-state index >= 15 is 0 Å². The number of carbonyl (C=O) groups is 1. The Bertz CT molecular complexity index is 797. The molecule has 6 nitrogen and oxygen atoms in total. The normalized spacial score (nSPS) is 15.6. The molecule has 1 saturated heterocycles. The molecule has 7 heteroatoms. The van der Waals surface area contributed by atoms with Crippen LogP contribution in [0.25, 0.3) is 11.3 Å². The molecule has 0 bridgehead atoms. The summed E-state index contributed by atoms with van der Waals surface area (Å²) >= 11 is 0. The lowest BCUT2D eigenvalue weighted by Crippen LogP contribution is -2.50. The number of Topliss-reactive ketones (excluding diaryl/α,β-unsaturated/α-hetero) is 1. The summed E-state index contributed by atoms with van der Waals surface area (Å²) in [5.74, 6) is 0.394. The highest BCUT2D eigenvalue weighted by molar-refractivity contribution is 5.75. The van der Waals surface area contributed by atoms with Crippen molar-refractivity contribution in [2.24, 2.45) is 0 Å². The number of ether oxygens (including phenoxy) is 2. The summed E-state index contributed by atoms with van der Waals surface area (Å²) in [6, 6.07) is 9.92. The highest BCUT2D eigenvalue weighted by Crippen LogP contribution is 2.25. The van der Waals surface area contributed by atoms with Crippen molar-refractivity contribution in [3.8, 4) is 17.0 Å². The molecule has 1 aromatic heterocycles. The van der Waals surface area contributed by atoms with E-state index in [1.165, 1.54) is 13.0 Å². The van der Waals surface area contributed by atoms with Crippen molar-refractivity contribution in [3.05, 3.63) is 46.8 Å². The highest BCUT2D eigenvalue weighted by atomic mass is 19.1. The zero-order chi connectivity index (χ0) is 17.2. The number of alkyl halides is 1. The van der Waals surface area contributed by atoms with Crippen molar-refractivity contribution < 1.29 is 18.7 Å². The fraction of sp³-hybridized carbons (Fsp3) is 0.353. The smallest absolute Gasteiger partial charge is 0.267 e. The molecule has 0 radical (unpaired) electrons. The molecule has 0 N–H and O–H groups in total. The van der Waals surface area contributed by atoms with Gasteiger partial charge in [-0.2, -0.15) is 5.10 Å². The number of hydrogen-bond donors (Lipinski definition) is 0. The van der Waals surface area contributed by atoms with Crippen LogP contribution in [0.2, 0.25) is 0 Å². The van der Waals surface area contributed by atoms with E-state index in [0.29, 0.717) is 11.4 Å². The van der Waals surface area contributed by atoms with Crippen LogP contribution in [0.5, 0.6) is 5.75 Å². The lowest BCUT2D eigenvalue weighted by molar-refractivity contribution is -0.146. The van der Waals surface area contributed by atoms with Crippen LogP contribution in [-0.2, 0) is 16.1 Å². The van der Waals surface area contributed by atoms with Crippen molar-refractivity contribution in [1.82, 2.24) is 9.78 Å². The third-order valence-corrected chi connectivity index (χ3v) is 3.61. The van der Waals surface area contributed by atoms with Crippen LogP contribution in [0.15, 0.2) is 41.2 Å². The minimum atomic E-state index is -1.40. The van der Waals surface area contributed by atoms with Crippen LogP contribution < -0.4 is 10.3 Å². The number of aromatic nitrogens is 2. The van der Waals surface area contributed by atoms with Gasteiger partial charge in [0.15, 0.2) is 11.5 Å². The van der Waals surface area contributed by atoms with E-state index in [9.17, 15) is 14.0 Å². The number of carbonyl (C=O) groups excluding carboxylic acids is 1. The molecule has 0 aliphatic carbocycles. The maximum absolute atomic E-state index is 13.8. The second-order valence-electron chi connectivity index (χ2n) is 5.87. The molecular formula is C17H17FN2O4. The van der Waals surface area contributed by atoms with Crippen LogP contribution in [0.4, 0.5) is 4.39 Å². The number of rotatable bonds is 6. The van der Waals surface area contributed by atoms with Crippen molar-refractivity contribution in [1.29, 1.82) is 0 Å². The van der Waals surface area contributed by atoms with Crippen LogP contribution in [0.1, 0.15) is 6.92 Å². The minimum Gasteiger partial charge on any atom is -0.490 e. The fourth-order valence-corrected chi connectivity index (χ4v) is 2.27. The Morgan fingerprint density at radius 2 is 2.00 bits per heavy atom. The van der Waals surface area contributed by atoms with Gasteiger partial charge >= 0.3 is 0 Å². The van der Waals surface area contributed by atoms with Gasteiger partial charge in [0.2, 0.25) is 0 Å². The summed E-state index contributed by atoms with van der Waals surface area (Å²) in [4.78, 5) is 22.9. The summed E-state index contributed by atoms with van der Waals surface area (Å²) < 4.78 is 25.2. The maximum Gasteiger partial charge on any atom is 0.267 e. The molecule has 0 spiro atoms. The first-order valence-electron chi connectivity index (χ1n) is 7.53. The van der Waals surface area contributed by atoms with Gasteiger partial charge in [-0.25, -0.2) is 9.07 Å². The first-order chi connectivity index (χ1) is 11.5. The molecule has 1 aliphatic heterocycles. The Kier molecular flexibility index (Phi) is 4.44. The number of halogens is 1. The molecule has 0 amide bonds. The molecule has 2 heterocycles. The third kappa shape index (κ3) is 3.68. The van der Waals surface area contributed by atoms with Gasteiger partial charge < -0.3 is 9.47 Å². The molecular weight excluding hydrogens is 315 g/mol. The molecule has 3 rings (SSSR count). The summed E-state index contributed by atoms with van der Waals surface area (Å²) in [5.41, 5.74) is -0.397. The maximum atomic E-state index is 13.8. The van der Waals surface area contributed by atoms with Crippen LogP contribution in [-0.4, -0.2) is 41.1 Å². The molecule has 0 saturated carbocycles. The quantitative estimate of drug-likeness (QED) is 0.804. The third-order valence-electron chi connectivity index (χ3n) is 3.61. The average Bonchev–Trinajstić information content (AvgIpc) is 2.53. The molecule has 1 aromatic carbocycles. The van der Waals surface area contributed by atoms with Gasteiger partial charge in [0.1, 0.15) is 18.9 Å². The summed E-state index contributed by atoms with van der Waals surface area (Å²) in [5, 5.41) is 4.19. The monoisotopic (exact) mass is 332 g/mol. The fourth-order valence-electron chi connectivity index (χ4n) is 2.27. The topological polar surface area (TPSA) is 70.4 Å². The van der Waals surface area contributed by atoms with E-state index in [2.05, 4.69) is 5.10 Å². The van der Waals surface area contributed by atoms with Crippen LogP contribution in [0.3, 0.4) is 0 Å². The van der Waals surface area contributed by atoms with Crippen molar-refractivity contribution >= 4 is 5.78 Å². The Labute approximate surface area is 137 Å². The summed E-state index contributed by atoms with van der Waals surface area (Å²) in [6.07, 6.45) is 0. The SMILES string of the molecule is CC(=O)Cn1nc(-c2ccc(OCC3(F)COC3)cc2)ccc1=O. The Morgan fingerprint density at radius 3 is 2.58 bits per heavy atom. The van der Waals surface area contributed by atoms with Gasteiger partial charge in [0.05, 0.1) is 18.9 Å². The second kappa shape index (κ2) is 6.52. The van der Waals surface area contributed by atoms with Crippen LogP contribution >= 0.6 is 0 Å². The first-order valence-corrected chi connectivity index (χ1v) is 7.53. The van der Waals surface area contributed by atoms with Gasteiger partial charge in [0.25, 0.3) is 5.56 Å². The Morgan fingerprint density at radius 1 is 1.29 bits per heavy atom. The summed E-state index contributed by atoms with van der Waals surface area (Å²) in [7, 11) is 0. The number of benzene rings is 1. The summed E-state index contributed by atoms with van der Waals surface area (Å²) in [6.45, 7) is 1.42. The molecule has 1 fully saturated rings. The van der Waals surface area contributed by atoms with E-state index in [-0.39, 0.29) is 37.7 Å². The second-order valence-corrected chi connectivity index (χ2v) is 5.87. The zero-order valence-electron chi connectivity index (χ0n) is 13.2. The van der Waals surface area contributed by atoms with Gasteiger partial charge in [-0.1, -0.05) is 0 Å². The largest absolute Gasteiger partial charge is 0.490 e. The molecule has 1 aliphatic rings. The van der Waals surface area contributed by atoms with Gasteiger partial charge in [-0.15, -0.1) is 0 Å². The van der Waals surface area contributed by atoms with Gasteiger partial charge in [-0.3, -0.25) is 9.59 Å². The Balaban J connectivity index is 1.73. The molecule has 2 aromatic rings. The number of hydrogen-bond acceptors (Lipinski definition) is 5. The molecule has 24 heavy (non-hydrogen) atoms. The lowest BCUT2D eigenvalue weighted by atomic mass is 10.1.